The summed E-state index contributed by atoms with van der Waals surface area (Å²) >= 11 is 0. The van der Waals surface area contributed by atoms with E-state index in [4.69, 9.17) is 0 Å². The molecule has 5 N–H and O–H groups in total. The Balaban J connectivity index is 1.61. The minimum Gasteiger partial charge on any atom is -0.340 e. The molecule has 0 fully saturated rings. The predicted octanol–water partition coefficient (Wildman–Crippen LogP) is 2.07. The molecule has 3 aromatic rings. The average molecular weight is 538 g/mol. The van der Waals surface area contributed by atoms with E-state index < -0.39 is 47.2 Å². The summed E-state index contributed by atoms with van der Waals surface area (Å²) in [5, 5.41) is 2.54. The Morgan fingerprint density at radius 3 is 1.72 bits per heavy atom. The molecule has 3 aromatic carbocycles. The SMILES string of the molecule is Cc1ccccc1C(=O)N[C@H](CCC(=O)NNC(=O)c1ccc(F)cc1)C(=O)NNC(=O)c1ccc(F)cc1. The highest BCUT2D eigenvalue weighted by Crippen LogP contribution is 2.09. The number of carbonyl (C=O) groups is 5. The molecular formula is C27H25F2N5O5. The molecule has 5 amide bonds. The van der Waals surface area contributed by atoms with Crippen LogP contribution in [0.15, 0.2) is 72.8 Å². The van der Waals surface area contributed by atoms with Gasteiger partial charge in [0.05, 0.1) is 0 Å². The first-order chi connectivity index (χ1) is 18.6. The zero-order valence-corrected chi connectivity index (χ0v) is 20.7. The van der Waals surface area contributed by atoms with Crippen LogP contribution >= 0.6 is 0 Å². The van der Waals surface area contributed by atoms with Gasteiger partial charge in [0.25, 0.3) is 23.6 Å². The van der Waals surface area contributed by atoms with Gasteiger partial charge in [0, 0.05) is 23.1 Å². The third-order valence-corrected chi connectivity index (χ3v) is 5.50. The summed E-state index contributed by atoms with van der Waals surface area (Å²) < 4.78 is 26.1. The number of hydrogen-bond acceptors (Lipinski definition) is 5. The maximum Gasteiger partial charge on any atom is 0.269 e. The summed E-state index contributed by atoms with van der Waals surface area (Å²) in [6.45, 7) is 1.71. The van der Waals surface area contributed by atoms with Crippen LogP contribution < -0.4 is 27.0 Å². The van der Waals surface area contributed by atoms with Crippen LogP contribution in [0.25, 0.3) is 0 Å². The Kier molecular flexibility index (Phi) is 9.79. The number of hydrazine groups is 2. The minimum atomic E-state index is -1.26. The van der Waals surface area contributed by atoms with Crippen LogP contribution in [-0.4, -0.2) is 35.6 Å². The number of amides is 5. The van der Waals surface area contributed by atoms with Crippen molar-refractivity contribution in [3.8, 4) is 0 Å². The molecule has 0 saturated heterocycles. The second-order valence-corrected chi connectivity index (χ2v) is 8.34. The van der Waals surface area contributed by atoms with Crippen molar-refractivity contribution >= 4 is 29.5 Å². The van der Waals surface area contributed by atoms with Crippen LogP contribution in [0.1, 0.15) is 49.5 Å². The first kappa shape index (κ1) is 28.4. The summed E-state index contributed by atoms with van der Waals surface area (Å²) in [6.07, 6.45) is -0.504. The Morgan fingerprint density at radius 2 is 1.18 bits per heavy atom. The largest absolute Gasteiger partial charge is 0.340 e. The van der Waals surface area contributed by atoms with E-state index in [1.165, 1.54) is 24.3 Å². The normalized spacial score (nSPS) is 11.1. The van der Waals surface area contributed by atoms with Gasteiger partial charge >= 0.3 is 0 Å². The Bertz CT molecular complexity index is 1360. The number of rotatable bonds is 8. The van der Waals surface area contributed by atoms with Crippen molar-refractivity contribution in [2.24, 2.45) is 0 Å². The first-order valence-corrected chi connectivity index (χ1v) is 11.7. The number of aryl methyl sites for hydroxylation is 1. The van der Waals surface area contributed by atoms with Crippen LogP contribution in [0.2, 0.25) is 0 Å². The second-order valence-electron chi connectivity index (χ2n) is 8.34. The van der Waals surface area contributed by atoms with E-state index >= 15 is 0 Å². The number of benzene rings is 3. The van der Waals surface area contributed by atoms with Gasteiger partial charge in [-0.1, -0.05) is 18.2 Å². The molecule has 0 radical (unpaired) electrons. The smallest absolute Gasteiger partial charge is 0.269 e. The molecule has 0 aliphatic carbocycles. The number of nitrogens with one attached hydrogen (secondary N) is 5. The quantitative estimate of drug-likeness (QED) is 0.280. The number of halogens is 2. The van der Waals surface area contributed by atoms with Crippen LogP contribution in [0, 0.1) is 18.6 Å². The van der Waals surface area contributed by atoms with Gasteiger partial charge in [-0.25, -0.2) is 8.78 Å². The lowest BCUT2D eigenvalue weighted by molar-refractivity contribution is -0.124. The molecule has 39 heavy (non-hydrogen) atoms. The van der Waals surface area contributed by atoms with Crippen molar-refractivity contribution in [2.45, 2.75) is 25.8 Å². The fourth-order valence-electron chi connectivity index (χ4n) is 3.35. The molecule has 3 rings (SSSR count). The van der Waals surface area contributed by atoms with E-state index in [2.05, 4.69) is 27.0 Å². The van der Waals surface area contributed by atoms with Gasteiger partial charge in [0.15, 0.2) is 0 Å². The highest BCUT2D eigenvalue weighted by atomic mass is 19.1. The van der Waals surface area contributed by atoms with E-state index in [9.17, 15) is 32.8 Å². The van der Waals surface area contributed by atoms with Gasteiger partial charge in [0.1, 0.15) is 17.7 Å². The minimum absolute atomic E-state index is 0.0773. The Hall–Kier alpha value is -5.13. The Labute approximate surface area is 222 Å². The molecule has 1 atom stereocenters. The highest BCUT2D eigenvalue weighted by molar-refractivity contribution is 6.00. The van der Waals surface area contributed by atoms with E-state index in [0.717, 1.165) is 24.3 Å². The molecular weight excluding hydrogens is 512 g/mol. The average Bonchev–Trinajstić information content (AvgIpc) is 2.93. The molecule has 0 aliphatic heterocycles. The lowest BCUT2D eigenvalue weighted by atomic mass is 10.1. The summed E-state index contributed by atoms with van der Waals surface area (Å²) in [6, 6.07) is 14.7. The summed E-state index contributed by atoms with van der Waals surface area (Å²) in [4.78, 5) is 62.3. The molecule has 0 bridgehead atoms. The molecule has 0 saturated carbocycles. The third kappa shape index (κ3) is 8.45. The molecule has 0 aromatic heterocycles. The van der Waals surface area contributed by atoms with Gasteiger partial charge in [-0.3, -0.25) is 45.7 Å². The van der Waals surface area contributed by atoms with Gasteiger partial charge in [-0.2, -0.15) is 0 Å². The highest BCUT2D eigenvalue weighted by Gasteiger charge is 2.24. The molecule has 12 heteroatoms. The molecule has 202 valence electrons. The van der Waals surface area contributed by atoms with Crippen molar-refractivity contribution in [1.29, 1.82) is 0 Å². The van der Waals surface area contributed by atoms with Crippen molar-refractivity contribution in [2.75, 3.05) is 0 Å². The van der Waals surface area contributed by atoms with Gasteiger partial charge in [-0.15, -0.1) is 0 Å². The van der Waals surface area contributed by atoms with Crippen LogP contribution in [0.5, 0.6) is 0 Å². The molecule has 0 heterocycles. The molecule has 10 nitrogen and oxygen atoms in total. The van der Waals surface area contributed by atoms with Gasteiger partial charge < -0.3 is 5.32 Å². The Morgan fingerprint density at radius 1 is 0.667 bits per heavy atom. The van der Waals surface area contributed by atoms with Crippen LogP contribution in [0.4, 0.5) is 8.78 Å². The maximum absolute atomic E-state index is 13.1. The van der Waals surface area contributed by atoms with E-state index in [-0.39, 0.29) is 24.0 Å². The van der Waals surface area contributed by atoms with Crippen LogP contribution in [-0.2, 0) is 9.59 Å². The zero-order valence-electron chi connectivity index (χ0n) is 20.7. The first-order valence-electron chi connectivity index (χ1n) is 11.7. The molecule has 0 unspecified atom stereocenters. The van der Waals surface area contributed by atoms with E-state index in [1.54, 1.807) is 31.2 Å². The third-order valence-electron chi connectivity index (χ3n) is 5.50. The fourth-order valence-corrected chi connectivity index (χ4v) is 3.35. The molecule has 0 spiro atoms. The van der Waals surface area contributed by atoms with Crippen LogP contribution in [0.3, 0.4) is 0 Å². The van der Waals surface area contributed by atoms with Crippen molar-refractivity contribution in [3.63, 3.8) is 0 Å². The predicted molar refractivity (Wildman–Crippen MR) is 136 cm³/mol. The summed E-state index contributed by atoms with van der Waals surface area (Å²) in [5.41, 5.74) is 9.87. The van der Waals surface area contributed by atoms with E-state index in [1.807, 2.05) is 0 Å². The van der Waals surface area contributed by atoms with Gasteiger partial charge in [-0.05, 0) is 73.5 Å². The lowest BCUT2D eigenvalue weighted by Crippen LogP contribution is -2.53. The summed E-state index contributed by atoms with van der Waals surface area (Å²) in [7, 11) is 0. The number of hydrogen-bond donors (Lipinski definition) is 5. The monoisotopic (exact) mass is 537 g/mol. The van der Waals surface area contributed by atoms with Crippen molar-refractivity contribution in [1.82, 2.24) is 27.0 Å². The van der Waals surface area contributed by atoms with Crippen molar-refractivity contribution < 1.29 is 32.8 Å². The topological polar surface area (TPSA) is 146 Å². The molecule has 0 aliphatic rings. The summed E-state index contributed by atoms with van der Waals surface area (Å²) in [5.74, 6) is -4.56. The standard InChI is InChI=1S/C27H25F2N5O5/c1-16-4-2-3-5-21(16)26(38)30-22(27(39)34-33-25(37)18-8-12-20(29)13-9-18)14-15-23(35)31-32-24(36)17-6-10-19(28)11-7-17/h2-13,22H,14-15H2,1H3,(H,30,38)(H,31,35)(H,32,36)(H,33,37)(H,34,39)/t22-/m1/s1. The van der Waals surface area contributed by atoms with E-state index in [0.29, 0.717) is 11.1 Å². The van der Waals surface area contributed by atoms with Crippen molar-refractivity contribution in [3.05, 3.63) is 107 Å². The lowest BCUT2D eigenvalue weighted by Gasteiger charge is -2.19. The van der Waals surface area contributed by atoms with Gasteiger partial charge in [0.2, 0.25) is 5.91 Å². The second kappa shape index (κ2) is 13.4. The fraction of sp³-hybridized carbons (Fsp3) is 0.148. The maximum atomic E-state index is 13.1. The number of carbonyl (C=O) groups excluding carboxylic acids is 5. The zero-order chi connectivity index (χ0) is 28.4.